The first-order chi connectivity index (χ1) is 13.0. The Hall–Kier alpha value is -3.74. The van der Waals surface area contributed by atoms with Crippen LogP contribution in [0, 0.1) is 0 Å². The fraction of sp³-hybridized carbons (Fsp3) is 0.100. The van der Waals surface area contributed by atoms with E-state index in [1.165, 1.54) is 14.2 Å². The average Bonchev–Trinajstić information content (AvgIpc) is 3.05. The Labute approximate surface area is 154 Å². The first-order valence-electron chi connectivity index (χ1n) is 7.82. The molecule has 0 saturated heterocycles. The van der Waals surface area contributed by atoms with Gasteiger partial charge in [-0.1, -0.05) is 13.2 Å². The smallest absolute Gasteiger partial charge is 0.335 e. The van der Waals surface area contributed by atoms with Gasteiger partial charge in [0.2, 0.25) is 11.5 Å². The van der Waals surface area contributed by atoms with E-state index in [-0.39, 0.29) is 23.0 Å². The maximum absolute atomic E-state index is 11.5. The van der Waals surface area contributed by atoms with Gasteiger partial charge in [0, 0.05) is 22.9 Å². The van der Waals surface area contributed by atoms with Crippen molar-refractivity contribution in [3.8, 4) is 23.0 Å². The lowest BCUT2D eigenvalue weighted by molar-refractivity contribution is -0.129. The van der Waals surface area contributed by atoms with Gasteiger partial charge in [-0.2, -0.15) is 0 Å². The van der Waals surface area contributed by atoms with Gasteiger partial charge in [-0.3, -0.25) is 0 Å². The van der Waals surface area contributed by atoms with E-state index in [0.717, 1.165) is 12.2 Å². The van der Waals surface area contributed by atoms with Crippen LogP contribution in [0.3, 0.4) is 0 Å². The van der Waals surface area contributed by atoms with Crippen molar-refractivity contribution in [3.05, 3.63) is 49.6 Å². The van der Waals surface area contributed by atoms with Gasteiger partial charge in [0.25, 0.3) is 0 Å². The Bertz CT molecular complexity index is 991. The highest BCUT2D eigenvalue weighted by atomic mass is 16.6. The van der Waals surface area contributed by atoms with E-state index in [1.54, 1.807) is 24.3 Å². The third kappa shape index (κ3) is 3.10. The number of esters is 2. The minimum Gasteiger partial charge on any atom is -0.490 e. The molecule has 27 heavy (non-hydrogen) atoms. The normalized spacial score (nSPS) is 10.4. The summed E-state index contributed by atoms with van der Waals surface area (Å²) in [6.45, 7) is 6.74. The van der Waals surface area contributed by atoms with E-state index >= 15 is 0 Å². The molecule has 0 radical (unpaired) electrons. The number of furan rings is 1. The SMILES string of the molecule is C=CC(=O)Oc1ccc2c(oc3c(OC)c(OC(=O)C=C)ccc32)c1OC. The minimum atomic E-state index is -0.625. The molecule has 0 bridgehead atoms. The van der Waals surface area contributed by atoms with Gasteiger partial charge in [-0.05, 0) is 24.3 Å². The zero-order chi connectivity index (χ0) is 19.6. The van der Waals surface area contributed by atoms with Crippen LogP contribution in [0.5, 0.6) is 23.0 Å². The maximum atomic E-state index is 11.5. The molecule has 7 nitrogen and oxygen atoms in total. The molecule has 0 saturated carbocycles. The van der Waals surface area contributed by atoms with Crippen molar-refractivity contribution >= 4 is 33.9 Å². The highest BCUT2D eigenvalue weighted by molar-refractivity contribution is 6.10. The molecule has 0 aliphatic heterocycles. The first kappa shape index (κ1) is 18.1. The second kappa shape index (κ2) is 7.25. The minimum absolute atomic E-state index is 0.186. The Morgan fingerprint density at radius 2 is 1.22 bits per heavy atom. The molecule has 3 rings (SSSR count). The van der Waals surface area contributed by atoms with Crippen molar-refractivity contribution in [1.82, 2.24) is 0 Å². The number of hydrogen-bond donors (Lipinski definition) is 0. The highest BCUT2D eigenvalue weighted by Gasteiger charge is 2.22. The van der Waals surface area contributed by atoms with Crippen LogP contribution in [-0.2, 0) is 9.59 Å². The van der Waals surface area contributed by atoms with Crippen molar-refractivity contribution in [3.63, 3.8) is 0 Å². The number of fused-ring (bicyclic) bond motifs is 3. The van der Waals surface area contributed by atoms with Gasteiger partial charge < -0.3 is 23.4 Å². The van der Waals surface area contributed by atoms with Gasteiger partial charge >= 0.3 is 11.9 Å². The number of hydrogen-bond acceptors (Lipinski definition) is 7. The average molecular weight is 368 g/mol. The molecular weight excluding hydrogens is 352 g/mol. The molecule has 0 fully saturated rings. The molecule has 0 unspecified atom stereocenters. The standard InChI is InChI=1S/C20H16O7/c1-5-15(21)25-13-9-7-11-12-8-10-14(26-16(22)6-2)20(24-4)18(12)27-17(11)19(13)23-3/h5-10H,1-2H2,3-4H3. The third-order valence-electron chi connectivity index (χ3n) is 3.81. The summed E-state index contributed by atoms with van der Waals surface area (Å²) in [7, 11) is 2.86. The highest BCUT2D eigenvalue weighted by Crippen LogP contribution is 2.45. The van der Waals surface area contributed by atoms with Crippen LogP contribution >= 0.6 is 0 Å². The second-order valence-corrected chi connectivity index (χ2v) is 5.30. The van der Waals surface area contributed by atoms with Crippen LogP contribution in [0.25, 0.3) is 21.9 Å². The third-order valence-corrected chi connectivity index (χ3v) is 3.81. The summed E-state index contributed by atoms with van der Waals surface area (Å²) < 4.78 is 27.0. The Morgan fingerprint density at radius 1 is 0.815 bits per heavy atom. The quantitative estimate of drug-likeness (QED) is 0.372. The van der Waals surface area contributed by atoms with Gasteiger partial charge in [0.1, 0.15) is 0 Å². The lowest BCUT2D eigenvalue weighted by Crippen LogP contribution is -2.04. The van der Waals surface area contributed by atoms with E-state index in [9.17, 15) is 9.59 Å². The molecular formula is C20H16O7. The molecule has 1 heterocycles. The zero-order valence-corrected chi connectivity index (χ0v) is 14.7. The summed E-state index contributed by atoms with van der Waals surface area (Å²) in [5.74, 6) is -0.395. The largest absolute Gasteiger partial charge is 0.490 e. The summed E-state index contributed by atoms with van der Waals surface area (Å²) in [6.07, 6.45) is 2.09. The lowest BCUT2D eigenvalue weighted by atomic mass is 10.1. The number of carbonyl (C=O) groups is 2. The number of methoxy groups -OCH3 is 2. The van der Waals surface area contributed by atoms with Gasteiger partial charge in [0.05, 0.1) is 14.2 Å². The van der Waals surface area contributed by atoms with Crippen molar-refractivity contribution in [1.29, 1.82) is 0 Å². The molecule has 0 N–H and O–H groups in total. The monoisotopic (exact) mass is 368 g/mol. The molecule has 0 amide bonds. The zero-order valence-electron chi connectivity index (χ0n) is 14.7. The van der Waals surface area contributed by atoms with E-state index in [4.69, 9.17) is 23.4 Å². The Balaban J connectivity index is 2.25. The Morgan fingerprint density at radius 3 is 1.56 bits per heavy atom. The molecule has 3 aromatic rings. The van der Waals surface area contributed by atoms with Crippen LogP contribution < -0.4 is 18.9 Å². The first-order valence-corrected chi connectivity index (χ1v) is 7.82. The van der Waals surface area contributed by atoms with Crippen LogP contribution in [-0.4, -0.2) is 26.2 Å². The molecule has 0 aliphatic rings. The van der Waals surface area contributed by atoms with Crippen molar-refractivity contribution < 1.29 is 33.0 Å². The van der Waals surface area contributed by atoms with E-state index in [1.807, 2.05) is 0 Å². The molecule has 7 heteroatoms. The Kier molecular flexibility index (Phi) is 4.85. The molecule has 138 valence electrons. The van der Waals surface area contributed by atoms with Crippen LogP contribution in [0.2, 0.25) is 0 Å². The summed E-state index contributed by atoms with van der Waals surface area (Å²) in [5, 5.41) is 1.42. The van der Waals surface area contributed by atoms with Crippen LogP contribution in [0.15, 0.2) is 54.0 Å². The molecule has 0 spiro atoms. The summed E-state index contributed by atoms with van der Waals surface area (Å²) >= 11 is 0. The van der Waals surface area contributed by atoms with E-state index in [2.05, 4.69) is 13.2 Å². The van der Waals surface area contributed by atoms with Crippen LogP contribution in [0.1, 0.15) is 0 Å². The van der Waals surface area contributed by atoms with Crippen molar-refractivity contribution in [2.24, 2.45) is 0 Å². The maximum Gasteiger partial charge on any atom is 0.335 e. The van der Waals surface area contributed by atoms with Crippen molar-refractivity contribution in [2.45, 2.75) is 0 Å². The fourth-order valence-corrected chi connectivity index (χ4v) is 2.67. The van der Waals surface area contributed by atoms with Crippen LogP contribution in [0.4, 0.5) is 0 Å². The predicted octanol–water partition coefficient (Wildman–Crippen LogP) is 3.79. The molecule has 2 aromatic carbocycles. The van der Waals surface area contributed by atoms with E-state index in [0.29, 0.717) is 21.9 Å². The molecule has 1 aromatic heterocycles. The number of benzene rings is 2. The van der Waals surface area contributed by atoms with Gasteiger partial charge in [-0.15, -0.1) is 0 Å². The summed E-state index contributed by atoms with van der Waals surface area (Å²) in [5.41, 5.74) is 0.708. The predicted molar refractivity (Wildman–Crippen MR) is 98.5 cm³/mol. The molecule has 0 atom stereocenters. The number of rotatable bonds is 6. The number of carbonyl (C=O) groups excluding carboxylic acids is 2. The fourth-order valence-electron chi connectivity index (χ4n) is 2.67. The van der Waals surface area contributed by atoms with Crippen molar-refractivity contribution in [2.75, 3.05) is 14.2 Å². The molecule has 0 aliphatic carbocycles. The topological polar surface area (TPSA) is 84.2 Å². The number of ether oxygens (including phenoxy) is 4. The summed E-state index contributed by atoms with van der Waals surface area (Å²) in [4.78, 5) is 23.1. The van der Waals surface area contributed by atoms with Gasteiger partial charge in [0.15, 0.2) is 22.7 Å². The lowest BCUT2D eigenvalue weighted by Gasteiger charge is -2.07. The van der Waals surface area contributed by atoms with E-state index < -0.39 is 11.9 Å². The second-order valence-electron chi connectivity index (χ2n) is 5.30. The van der Waals surface area contributed by atoms with Gasteiger partial charge in [-0.25, -0.2) is 9.59 Å². The summed E-state index contributed by atoms with van der Waals surface area (Å²) in [6, 6.07) is 6.64.